The van der Waals surface area contributed by atoms with Crippen molar-refractivity contribution >= 4 is 11.8 Å². The molecule has 27 heavy (non-hydrogen) atoms. The van der Waals surface area contributed by atoms with E-state index >= 15 is 0 Å². The summed E-state index contributed by atoms with van der Waals surface area (Å²) in [7, 11) is 0. The Hall–Kier alpha value is -1.16. The molecule has 0 bridgehead atoms. The Labute approximate surface area is 162 Å². The summed E-state index contributed by atoms with van der Waals surface area (Å²) in [5.41, 5.74) is 1.79. The van der Waals surface area contributed by atoms with Crippen LogP contribution in [0.15, 0.2) is 11.6 Å². The molecule has 4 nitrogen and oxygen atoms in total. The summed E-state index contributed by atoms with van der Waals surface area (Å²) >= 11 is 0. The van der Waals surface area contributed by atoms with E-state index in [-0.39, 0.29) is 41.2 Å². The molecular formula is C23H34O4. The predicted octanol–water partition coefficient (Wildman–Crippen LogP) is 4.06. The molecule has 3 fully saturated rings. The normalized spacial score (nSPS) is 45.9. The van der Waals surface area contributed by atoms with Gasteiger partial charge in [0.1, 0.15) is 12.7 Å². The number of Topliss-reactive ketones (excluding diaryl/α,β-unsaturated/α-hetero) is 1. The van der Waals surface area contributed by atoms with Gasteiger partial charge in [-0.1, -0.05) is 25.5 Å². The first-order chi connectivity index (χ1) is 12.8. The number of carbonyl (C=O) groups excluding carboxylic acids is 2. The van der Waals surface area contributed by atoms with Crippen LogP contribution in [0, 0.1) is 34.5 Å². The highest BCUT2D eigenvalue weighted by atomic mass is 16.5. The van der Waals surface area contributed by atoms with Crippen molar-refractivity contribution in [2.75, 3.05) is 6.61 Å². The highest BCUT2D eigenvalue weighted by Crippen LogP contribution is 2.66. The second-order valence-electron chi connectivity index (χ2n) is 10.0. The fourth-order valence-electron chi connectivity index (χ4n) is 7.60. The van der Waals surface area contributed by atoms with Gasteiger partial charge < -0.3 is 9.84 Å². The lowest BCUT2D eigenvalue weighted by Crippen LogP contribution is -2.51. The number of aliphatic hydroxyl groups excluding tert-OH is 1. The van der Waals surface area contributed by atoms with E-state index < -0.39 is 0 Å². The number of fused-ring (bicyclic) bond motifs is 5. The fraction of sp³-hybridized carbons (Fsp3) is 0.826. The van der Waals surface area contributed by atoms with E-state index in [1.54, 1.807) is 0 Å². The van der Waals surface area contributed by atoms with E-state index in [2.05, 4.69) is 19.9 Å². The average molecular weight is 375 g/mol. The number of aliphatic hydroxyl groups is 1. The Morgan fingerprint density at radius 3 is 2.63 bits per heavy atom. The number of esters is 1. The minimum absolute atomic E-state index is 0.0465. The molecule has 4 rings (SSSR count). The molecule has 0 spiro atoms. The molecule has 0 saturated heterocycles. The van der Waals surface area contributed by atoms with Gasteiger partial charge in [-0.25, -0.2) is 0 Å². The van der Waals surface area contributed by atoms with Crippen LogP contribution in [-0.2, 0) is 14.3 Å². The van der Waals surface area contributed by atoms with Gasteiger partial charge in [-0.2, -0.15) is 0 Å². The number of allylic oxidation sites excluding steroid dienone is 1. The molecule has 1 N–H and O–H groups in total. The van der Waals surface area contributed by atoms with E-state index in [0.717, 1.165) is 44.9 Å². The quantitative estimate of drug-likeness (QED) is 0.598. The molecule has 0 aliphatic heterocycles. The number of hydrogen-bond acceptors (Lipinski definition) is 4. The van der Waals surface area contributed by atoms with Crippen LogP contribution in [0.25, 0.3) is 0 Å². The summed E-state index contributed by atoms with van der Waals surface area (Å²) in [5, 5.41) is 9.42. The van der Waals surface area contributed by atoms with Crippen LogP contribution in [0.5, 0.6) is 0 Å². The Morgan fingerprint density at radius 1 is 1.15 bits per heavy atom. The Morgan fingerprint density at radius 2 is 1.93 bits per heavy atom. The third-order valence-corrected chi connectivity index (χ3v) is 8.94. The zero-order valence-electron chi connectivity index (χ0n) is 17.0. The van der Waals surface area contributed by atoms with Crippen LogP contribution in [0.2, 0.25) is 0 Å². The van der Waals surface area contributed by atoms with Crippen molar-refractivity contribution in [1.82, 2.24) is 0 Å². The number of ether oxygens (including phenoxy) is 1. The van der Waals surface area contributed by atoms with E-state index in [0.29, 0.717) is 17.8 Å². The van der Waals surface area contributed by atoms with Gasteiger partial charge in [0.2, 0.25) is 0 Å². The minimum Gasteiger partial charge on any atom is -0.462 e. The van der Waals surface area contributed by atoms with Crippen LogP contribution in [0.4, 0.5) is 0 Å². The van der Waals surface area contributed by atoms with Gasteiger partial charge in [0.05, 0.1) is 0 Å². The topological polar surface area (TPSA) is 63.6 Å². The molecule has 150 valence electrons. The molecule has 4 aliphatic carbocycles. The summed E-state index contributed by atoms with van der Waals surface area (Å²) in [4.78, 5) is 23.7. The maximum atomic E-state index is 12.3. The third kappa shape index (κ3) is 2.90. The zero-order chi connectivity index (χ0) is 19.4. The molecular weight excluding hydrogens is 340 g/mol. The minimum atomic E-state index is -0.305. The number of rotatable bonds is 3. The average Bonchev–Trinajstić information content (AvgIpc) is 2.98. The Kier molecular flexibility index (Phi) is 4.77. The van der Waals surface area contributed by atoms with E-state index in [9.17, 15) is 14.7 Å². The van der Waals surface area contributed by atoms with Crippen LogP contribution in [0.3, 0.4) is 0 Å². The fourth-order valence-corrected chi connectivity index (χ4v) is 7.60. The molecule has 3 saturated carbocycles. The molecule has 0 aromatic rings. The van der Waals surface area contributed by atoms with Gasteiger partial charge in [-0.05, 0) is 73.5 Å². The van der Waals surface area contributed by atoms with E-state index in [4.69, 9.17) is 4.74 Å². The largest absolute Gasteiger partial charge is 0.462 e. The molecule has 0 aromatic heterocycles. The van der Waals surface area contributed by atoms with Crippen molar-refractivity contribution in [3.63, 3.8) is 0 Å². The van der Waals surface area contributed by atoms with Gasteiger partial charge in [0.15, 0.2) is 5.78 Å². The van der Waals surface area contributed by atoms with Crippen molar-refractivity contribution in [3.8, 4) is 0 Å². The highest BCUT2D eigenvalue weighted by molar-refractivity contribution is 5.83. The zero-order valence-corrected chi connectivity index (χ0v) is 17.0. The molecule has 7 atom stereocenters. The molecule has 7 unspecified atom stereocenters. The summed E-state index contributed by atoms with van der Waals surface area (Å²) in [6.07, 6.45) is 10.9. The lowest BCUT2D eigenvalue weighted by Gasteiger charge is -2.58. The summed E-state index contributed by atoms with van der Waals surface area (Å²) < 4.78 is 5.52. The predicted molar refractivity (Wildman–Crippen MR) is 103 cm³/mol. The molecule has 0 aromatic carbocycles. The van der Waals surface area contributed by atoms with Gasteiger partial charge in [-0.15, -0.1) is 0 Å². The van der Waals surface area contributed by atoms with E-state index in [1.807, 2.05) is 0 Å². The van der Waals surface area contributed by atoms with Crippen LogP contribution < -0.4 is 0 Å². The first kappa shape index (κ1) is 19.2. The first-order valence-corrected chi connectivity index (χ1v) is 10.8. The van der Waals surface area contributed by atoms with Crippen molar-refractivity contribution in [2.45, 2.75) is 78.2 Å². The van der Waals surface area contributed by atoms with Crippen molar-refractivity contribution in [2.24, 2.45) is 34.5 Å². The standard InChI is InChI=1S/C23H34O4/c1-14(25)27-16-8-10-22(2)15(12-16)4-5-17-18-6-7-20(21(26)13-24)23(18,3)11-9-19(17)22/h4,16-20,24H,5-13H2,1-3H3. The van der Waals surface area contributed by atoms with Crippen molar-refractivity contribution < 1.29 is 19.4 Å². The van der Waals surface area contributed by atoms with Gasteiger partial charge in [0, 0.05) is 19.3 Å². The Bertz CT molecular complexity index is 667. The summed E-state index contributed by atoms with van der Waals surface area (Å²) in [6, 6.07) is 0. The molecule has 4 aliphatic rings. The summed E-state index contributed by atoms with van der Waals surface area (Å²) in [6.45, 7) is 5.96. The summed E-state index contributed by atoms with van der Waals surface area (Å²) in [5.74, 6) is 1.86. The molecule has 0 amide bonds. The molecule has 0 heterocycles. The van der Waals surface area contributed by atoms with Crippen LogP contribution in [-0.4, -0.2) is 29.6 Å². The number of ketones is 1. The van der Waals surface area contributed by atoms with Crippen molar-refractivity contribution in [1.29, 1.82) is 0 Å². The lowest BCUT2D eigenvalue weighted by molar-refractivity contribution is -0.149. The number of hydrogen-bond donors (Lipinski definition) is 1. The second-order valence-corrected chi connectivity index (χ2v) is 10.0. The SMILES string of the molecule is CC(=O)OC1CCC2(C)C(=CCC3C2CCC2(C)C(C(=O)CO)CCC32)C1. The van der Waals surface area contributed by atoms with Gasteiger partial charge >= 0.3 is 5.97 Å². The van der Waals surface area contributed by atoms with Gasteiger partial charge in [-0.3, -0.25) is 9.59 Å². The highest BCUT2D eigenvalue weighted by Gasteiger charge is 2.59. The lowest BCUT2D eigenvalue weighted by atomic mass is 9.47. The maximum Gasteiger partial charge on any atom is 0.302 e. The molecule has 4 heteroatoms. The Balaban J connectivity index is 1.57. The van der Waals surface area contributed by atoms with Crippen LogP contribution in [0.1, 0.15) is 72.1 Å². The van der Waals surface area contributed by atoms with Crippen LogP contribution >= 0.6 is 0 Å². The van der Waals surface area contributed by atoms with Gasteiger partial charge in [0.25, 0.3) is 0 Å². The number of carbonyl (C=O) groups is 2. The maximum absolute atomic E-state index is 12.3. The first-order valence-electron chi connectivity index (χ1n) is 10.8. The third-order valence-electron chi connectivity index (χ3n) is 8.94. The van der Waals surface area contributed by atoms with Crippen molar-refractivity contribution in [3.05, 3.63) is 11.6 Å². The molecule has 0 radical (unpaired) electrons. The smallest absolute Gasteiger partial charge is 0.302 e. The van der Waals surface area contributed by atoms with E-state index in [1.165, 1.54) is 18.9 Å². The second kappa shape index (κ2) is 6.72. The monoisotopic (exact) mass is 374 g/mol.